The average molecular weight is 433 g/mol. The van der Waals surface area contributed by atoms with Crippen LogP contribution in [0.2, 0.25) is 0 Å². The van der Waals surface area contributed by atoms with E-state index in [1.165, 1.54) is 6.42 Å². The lowest BCUT2D eigenvalue weighted by Crippen LogP contribution is -2.43. The average Bonchev–Trinajstić information content (AvgIpc) is 2.73. The highest BCUT2D eigenvalue weighted by molar-refractivity contribution is 5.97. The smallest absolute Gasteiger partial charge is 0.256 e. The number of benzene rings is 1. The van der Waals surface area contributed by atoms with Crippen molar-refractivity contribution in [3.05, 3.63) is 24.3 Å². The van der Waals surface area contributed by atoms with Crippen molar-refractivity contribution in [1.82, 2.24) is 4.90 Å². The summed E-state index contributed by atoms with van der Waals surface area (Å²) in [6.07, 6.45) is 6.19. The molecule has 31 heavy (non-hydrogen) atoms. The van der Waals surface area contributed by atoms with Crippen LogP contribution in [0.15, 0.2) is 24.3 Å². The molecule has 176 valence electrons. The van der Waals surface area contributed by atoms with Crippen molar-refractivity contribution in [2.45, 2.75) is 78.7 Å². The van der Waals surface area contributed by atoms with Crippen molar-refractivity contribution in [3.8, 4) is 5.75 Å². The Labute approximate surface area is 189 Å². The van der Waals surface area contributed by atoms with Gasteiger partial charge >= 0.3 is 0 Å². The first kappa shape index (κ1) is 25.7. The van der Waals surface area contributed by atoms with Crippen LogP contribution in [0.1, 0.15) is 73.1 Å². The fourth-order valence-corrected chi connectivity index (χ4v) is 4.46. The van der Waals surface area contributed by atoms with Crippen molar-refractivity contribution in [2.75, 3.05) is 38.2 Å². The van der Waals surface area contributed by atoms with Gasteiger partial charge in [0.05, 0.1) is 0 Å². The number of carbonyl (C=O) groups excluding carboxylic acids is 1. The van der Waals surface area contributed by atoms with Gasteiger partial charge in [0, 0.05) is 31.9 Å². The number of carbonyl (C=O) groups is 1. The van der Waals surface area contributed by atoms with Crippen LogP contribution in [0, 0.1) is 11.8 Å². The largest absolute Gasteiger partial charge is 0.492 e. The third kappa shape index (κ3) is 8.82. The number of ether oxygens (including phenoxy) is 2. The maximum Gasteiger partial charge on any atom is 0.256 e. The van der Waals surface area contributed by atoms with E-state index in [1.807, 2.05) is 31.2 Å². The molecule has 0 aliphatic carbocycles. The van der Waals surface area contributed by atoms with Crippen molar-refractivity contribution < 1.29 is 14.3 Å². The summed E-state index contributed by atoms with van der Waals surface area (Å²) < 4.78 is 11.9. The lowest BCUT2D eigenvalue weighted by Gasteiger charge is -2.34. The second-order valence-electron chi connectivity index (χ2n) is 9.57. The van der Waals surface area contributed by atoms with E-state index >= 15 is 0 Å². The molecule has 1 fully saturated rings. The van der Waals surface area contributed by atoms with Crippen molar-refractivity contribution in [2.24, 2.45) is 11.8 Å². The van der Waals surface area contributed by atoms with Gasteiger partial charge < -0.3 is 14.8 Å². The van der Waals surface area contributed by atoms with Gasteiger partial charge in [-0.3, -0.25) is 9.69 Å². The molecule has 3 unspecified atom stereocenters. The molecule has 5 nitrogen and oxygen atoms in total. The van der Waals surface area contributed by atoms with Gasteiger partial charge in [-0.2, -0.15) is 0 Å². The van der Waals surface area contributed by atoms with E-state index in [0.717, 1.165) is 75.0 Å². The first-order valence-electron chi connectivity index (χ1n) is 12.3. The van der Waals surface area contributed by atoms with Crippen LogP contribution in [0.3, 0.4) is 0 Å². The molecule has 1 amide bonds. The molecule has 2 rings (SSSR count). The van der Waals surface area contributed by atoms with Gasteiger partial charge in [0.2, 0.25) is 0 Å². The Morgan fingerprint density at radius 1 is 1.06 bits per heavy atom. The van der Waals surface area contributed by atoms with E-state index in [2.05, 4.69) is 37.9 Å². The zero-order valence-electron chi connectivity index (χ0n) is 20.4. The first-order chi connectivity index (χ1) is 14.9. The van der Waals surface area contributed by atoms with Crippen molar-refractivity contribution in [3.63, 3.8) is 0 Å². The van der Waals surface area contributed by atoms with Gasteiger partial charge in [0.1, 0.15) is 18.0 Å². The predicted molar refractivity (Wildman–Crippen MR) is 129 cm³/mol. The summed E-state index contributed by atoms with van der Waals surface area (Å²) in [6.45, 7) is 15.4. The normalized spacial score (nSPS) is 21.5. The number of hydrogen-bond acceptors (Lipinski definition) is 4. The number of anilines is 1. The molecular weight excluding hydrogens is 388 g/mol. The maximum absolute atomic E-state index is 12.9. The molecule has 3 atom stereocenters. The highest BCUT2D eigenvalue weighted by Gasteiger charge is 2.33. The van der Waals surface area contributed by atoms with Gasteiger partial charge in [0.25, 0.3) is 5.91 Å². The molecule has 0 bridgehead atoms. The Morgan fingerprint density at radius 2 is 1.74 bits per heavy atom. The number of rotatable bonds is 13. The Bertz CT molecular complexity index is 639. The van der Waals surface area contributed by atoms with Crippen LogP contribution in [0.5, 0.6) is 5.75 Å². The molecule has 0 saturated carbocycles. The highest BCUT2D eigenvalue weighted by Crippen LogP contribution is 2.24. The second kappa shape index (κ2) is 13.1. The molecule has 5 heteroatoms. The third-order valence-electron chi connectivity index (χ3n) is 6.10. The summed E-state index contributed by atoms with van der Waals surface area (Å²) in [7, 11) is 0. The molecular formula is C26H44N2O3. The van der Waals surface area contributed by atoms with Gasteiger partial charge in [-0.1, -0.05) is 47.0 Å². The van der Waals surface area contributed by atoms with Crippen LogP contribution in [0.4, 0.5) is 5.69 Å². The van der Waals surface area contributed by atoms with Crippen LogP contribution in [-0.2, 0) is 9.53 Å². The monoisotopic (exact) mass is 432 g/mol. The van der Waals surface area contributed by atoms with E-state index in [9.17, 15) is 4.79 Å². The topological polar surface area (TPSA) is 50.8 Å². The van der Waals surface area contributed by atoms with Crippen molar-refractivity contribution in [1.29, 1.82) is 0 Å². The van der Waals surface area contributed by atoms with Crippen LogP contribution in [0.25, 0.3) is 0 Å². The molecule has 1 aliphatic rings. The molecule has 0 spiro atoms. The van der Waals surface area contributed by atoms with E-state index in [1.54, 1.807) is 0 Å². The zero-order valence-corrected chi connectivity index (χ0v) is 20.4. The maximum atomic E-state index is 12.9. The lowest BCUT2D eigenvalue weighted by atomic mass is 9.92. The number of hydrogen-bond donors (Lipinski definition) is 1. The van der Waals surface area contributed by atoms with Gasteiger partial charge in [-0.05, 0) is 62.3 Å². The second-order valence-corrected chi connectivity index (χ2v) is 9.57. The van der Waals surface area contributed by atoms with Crippen LogP contribution >= 0.6 is 0 Å². The molecule has 1 saturated heterocycles. The summed E-state index contributed by atoms with van der Waals surface area (Å²) in [6, 6.07) is 7.67. The van der Waals surface area contributed by atoms with E-state index in [0.29, 0.717) is 13.2 Å². The molecule has 1 aliphatic heterocycles. The summed E-state index contributed by atoms with van der Waals surface area (Å²) in [5.74, 6) is 2.30. The number of unbranched alkanes of at least 4 members (excludes halogenated alkanes) is 2. The number of likely N-dealkylation sites (tertiary alicyclic amines) is 1. The fraction of sp³-hybridized carbons (Fsp3) is 0.731. The number of piperidine rings is 1. The summed E-state index contributed by atoms with van der Waals surface area (Å²) >= 11 is 0. The van der Waals surface area contributed by atoms with Crippen LogP contribution in [-0.4, -0.2) is 49.3 Å². The fourth-order valence-electron chi connectivity index (χ4n) is 4.46. The minimum absolute atomic E-state index is 0.0703. The summed E-state index contributed by atoms with van der Waals surface area (Å²) in [4.78, 5) is 15.4. The van der Waals surface area contributed by atoms with E-state index < -0.39 is 5.60 Å². The molecule has 1 aromatic carbocycles. The number of amides is 1. The molecule has 1 aromatic rings. The van der Waals surface area contributed by atoms with Gasteiger partial charge in [-0.15, -0.1) is 0 Å². The minimum atomic E-state index is -0.789. The molecule has 1 N–H and O–H groups in total. The Morgan fingerprint density at radius 3 is 2.35 bits per heavy atom. The molecule has 1 heterocycles. The zero-order chi connectivity index (χ0) is 22.7. The van der Waals surface area contributed by atoms with Crippen molar-refractivity contribution >= 4 is 11.6 Å². The SMILES string of the molecule is CCCCCC(C)(OCCC)C(=O)Nc1ccc(OCCN2CC(C)CC(C)C2)cc1. The Hall–Kier alpha value is -1.59. The van der Waals surface area contributed by atoms with Gasteiger partial charge in [0.15, 0.2) is 0 Å². The van der Waals surface area contributed by atoms with Crippen LogP contribution < -0.4 is 10.1 Å². The molecule has 0 aromatic heterocycles. The summed E-state index contributed by atoms with van der Waals surface area (Å²) in [5, 5.41) is 3.04. The highest BCUT2D eigenvalue weighted by atomic mass is 16.5. The standard InChI is InChI=1S/C26H44N2O3/c1-6-8-9-14-26(5,31-16-7-2)25(29)27-23-10-12-24(13-11-23)30-17-15-28-19-21(3)18-22(4)20-28/h10-13,21-22H,6-9,14-20H2,1-5H3,(H,27,29). The third-order valence-corrected chi connectivity index (χ3v) is 6.10. The summed E-state index contributed by atoms with van der Waals surface area (Å²) in [5.41, 5.74) is -0.0128. The van der Waals surface area contributed by atoms with Gasteiger partial charge in [-0.25, -0.2) is 0 Å². The minimum Gasteiger partial charge on any atom is -0.492 e. The van der Waals surface area contributed by atoms with E-state index in [-0.39, 0.29) is 5.91 Å². The number of nitrogens with zero attached hydrogens (tertiary/aromatic N) is 1. The first-order valence-corrected chi connectivity index (χ1v) is 12.3. The number of nitrogens with one attached hydrogen (secondary N) is 1. The Kier molecular flexibility index (Phi) is 10.8. The Balaban J connectivity index is 1.83. The lowest BCUT2D eigenvalue weighted by molar-refractivity contribution is -0.140. The van der Waals surface area contributed by atoms with E-state index in [4.69, 9.17) is 9.47 Å². The molecule has 0 radical (unpaired) electrons. The quantitative estimate of drug-likeness (QED) is 0.403. The predicted octanol–water partition coefficient (Wildman–Crippen LogP) is 5.75.